The van der Waals surface area contributed by atoms with Gasteiger partial charge in [0.25, 0.3) is 0 Å². The van der Waals surface area contributed by atoms with Crippen LogP contribution in [0.15, 0.2) is 24.3 Å². The fourth-order valence-corrected chi connectivity index (χ4v) is 2.48. The van der Waals surface area contributed by atoms with E-state index in [2.05, 4.69) is 5.32 Å². The molecule has 2 rings (SSSR count). The predicted octanol–water partition coefficient (Wildman–Crippen LogP) is 1.33. The molecule has 1 saturated heterocycles. The molecule has 130 valence electrons. The van der Waals surface area contributed by atoms with Crippen LogP contribution in [-0.4, -0.2) is 63.9 Å². The monoisotopic (exact) mass is 344 g/mol. The van der Waals surface area contributed by atoms with Crippen LogP contribution in [-0.2, 0) is 9.53 Å². The van der Waals surface area contributed by atoms with E-state index in [0.29, 0.717) is 31.1 Å². The second-order valence-corrected chi connectivity index (χ2v) is 5.31. The average Bonchev–Trinajstić information content (AvgIpc) is 3.03. The minimum atomic E-state index is -0.166. The summed E-state index contributed by atoms with van der Waals surface area (Å²) in [7, 11) is 5.07. The first-order valence-corrected chi connectivity index (χ1v) is 7.42. The van der Waals surface area contributed by atoms with E-state index in [1.54, 1.807) is 26.2 Å². The first-order valence-electron chi connectivity index (χ1n) is 7.42. The molecule has 0 aliphatic carbocycles. The van der Waals surface area contributed by atoms with Gasteiger partial charge in [0.05, 0.1) is 25.8 Å². The lowest BCUT2D eigenvalue weighted by molar-refractivity contribution is -0.132. The Morgan fingerprint density at radius 2 is 2.00 bits per heavy atom. The number of para-hydroxylation sites is 2. The van der Waals surface area contributed by atoms with Gasteiger partial charge in [-0.15, -0.1) is 12.4 Å². The number of likely N-dealkylation sites (N-methyl/N-ethyl adjacent to an activating group) is 1. The van der Waals surface area contributed by atoms with Crippen molar-refractivity contribution in [1.29, 1.82) is 0 Å². The highest BCUT2D eigenvalue weighted by molar-refractivity contribution is 5.85. The number of hydrogen-bond acceptors (Lipinski definition) is 5. The Hall–Kier alpha value is -1.50. The summed E-state index contributed by atoms with van der Waals surface area (Å²) in [6.07, 6.45) is 0.833. The molecular formula is C16H25ClN2O4. The number of nitrogens with one attached hydrogen (secondary N) is 1. The van der Waals surface area contributed by atoms with Gasteiger partial charge in [0.2, 0.25) is 5.91 Å². The minimum Gasteiger partial charge on any atom is -0.493 e. The first kappa shape index (κ1) is 19.5. The van der Waals surface area contributed by atoms with E-state index in [0.717, 1.165) is 6.54 Å². The number of carbonyl (C=O) groups excluding carboxylic acids is 1. The highest BCUT2D eigenvalue weighted by Crippen LogP contribution is 2.25. The summed E-state index contributed by atoms with van der Waals surface area (Å²) in [5.41, 5.74) is 0. The van der Waals surface area contributed by atoms with Gasteiger partial charge >= 0.3 is 0 Å². The Morgan fingerprint density at radius 3 is 2.61 bits per heavy atom. The molecule has 0 aromatic heterocycles. The maximum atomic E-state index is 12.3. The molecule has 1 fully saturated rings. The van der Waals surface area contributed by atoms with Crippen LogP contribution in [0, 0.1) is 0 Å². The summed E-state index contributed by atoms with van der Waals surface area (Å²) in [5.74, 6) is 1.45. The van der Waals surface area contributed by atoms with Gasteiger partial charge < -0.3 is 24.4 Å². The summed E-state index contributed by atoms with van der Waals surface area (Å²) in [6.45, 7) is 1.66. The third-order valence-corrected chi connectivity index (χ3v) is 3.85. The van der Waals surface area contributed by atoms with Crippen molar-refractivity contribution in [3.63, 3.8) is 0 Å². The second kappa shape index (κ2) is 9.60. The van der Waals surface area contributed by atoms with Crippen LogP contribution >= 0.6 is 12.4 Å². The predicted molar refractivity (Wildman–Crippen MR) is 90.6 cm³/mol. The van der Waals surface area contributed by atoms with Crippen LogP contribution in [0.3, 0.4) is 0 Å². The topological polar surface area (TPSA) is 60.0 Å². The van der Waals surface area contributed by atoms with Crippen molar-refractivity contribution >= 4 is 18.3 Å². The number of ether oxygens (including phenoxy) is 3. The van der Waals surface area contributed by atoms with Gasteiger partial charge in [-0.25, -0.2) is 0 Å². The standard InChI is InChI=1S/C16H24N2O4.ClH/c1-18(16(19)13-10-12(20-2)11-17-13)8-9-22-15-7-5-4-6-14(15)21-3;/h4-7,12-13,17H,8-11H2,1-3H3;1H/t12-,13-;/m0./s1. The van der Waals surface area contributed by atoms with Crippen LogP contribution in [0.1, 0.15) is 6.42 Å². The van der Waals surface area contributed by atoms with Crippen LogP contribution < -0.4 is 14.8 Å². The number of rotatable bonds is 7. The van der Waals surface area contributed by atoms with Crippen molar-refractivity contribution in [3.8, 4) is 11.5 Å². The van der Waals surface area contributed by atoms with Crippen molar-refractivity contribution in [2.45, 2.75) is 18.6 Å². The van der Waals surface area contributed by atoms with Crippen molar-refractivity contribution in [2.75, 3.05) is 41.0 Å². The van der Waals surface area contributed by atoms with Gasteiger partial charge in [-0.3, -0.25) is 4.79 Å². The van der Waals surface area contributed by atoms with Crippen molar-refractivity contribution in [2.24, 2.45) is 0 Å². The fourth-order valence-electron chi connectivity index (χ4n) is 2.48. The highest BCUT2D eigenvalue weighted by Gasteiger charge is 2.31. The molecule has 1 amide bonds. The number of halogens is 1. The van der Waals surface area contributed by atoms with Crippen LogP contribution in [0.5, 0.6) is 11.5 Å². The number of hydrogen-bond donors (Lipinski definition) is 1. The van der Waals surface area contributed by atoms with Gasteiger partial charge in [0, 0.05) is 20.7 Å². The van der Waals surface area contributed by atoms with E-state index in [1.807, 2.05) is 24.3 Å². The van der Waals surface area contributed by atoms with Crippen molar-refractivity contribution in [3.05, 3.63) is 24.3 Å². The average molecular weight is 345 g/mol. The lowest BCUT2D eigenvalue weighted by Gasteiger charge is -2.21. The summed E-state index contributed by atoms with van der Waals surface area (Å²) >= 11 is 0. The zero-order valence-electron chi connectivity index (χ0n) is 13.8. The molecule has 1 N–H and O–H groups in total. The van der Waals surface area contributed by atoms with E-state index in [9.17, 15) is 4.79 Å². The Labute approximate surface area is 143 Å². The van der Waals surface area contributed by atoms with E-state index in [-0.39, 0.29) is 30.5 Å². The van der Waals surface area contributed by atoms with Crippen LogP contribution in [0.25, 0.3) is 0 Å². The zero-order valence-corrected chi connectivity index (χ0v) is 14.6. The molecule has 0 saturated carbocycles. The van der Waals surface area contributed by atoms with Crippen molar-refractivity contribution < 1.29 is 19.0 Å². The third kappa shape index (κ3) is 5.27. The molecule has 7 heteroatoms. The Morgan fingerprint density at radius 1 is 1.30 bits per heavy atom. The first-order chi connectivity index (χ1) is 10.7. The van der Waals surface area contributed by atoms with Gasteiger partial charge in [-0.2, -0.15) is 0 Å². The molecule has 0 radical (unpaired) electrons. The molecule has 2 atom stereocenters. The van der Waals surface area contributed by atoms with E-state index in [1.165, 1.54) is 0 Å². The highest BCUT2D eigenvalue weighted by atomic mass is 35.5. The number of carbonyl (C=O) groups is 1. The molecular weight excluding hydrogens is 320 g/mol. The number of methoxy groups -OCH3 is 2. The third-order valence-electron chi connectivity index (χ3n) is 3.85. The summed E-state index contributed by atoms with van der Waals surface area (Å²) in [5, 5.41) is 3.19. The van der Waals surface area contributed by atoms with E-state index < -0.39 is 0 Å². The van der Waals surface area contributed by atoms with E-state index in [4.69, 9.17) is 14.2 Å². The molecule has 0 spiro atoms. The summed E-state index contributed by atoms with van der Waals surface area (Å²) < 4.78 is 16.2. The molecule has 23 heavy (non-hydrogen) atoms. The number of benzene rings is 1. The van der Waals surface area contributed by atoms with Gasteiger partial charge in [0.15, 0.2) is 11.5 Å². The zero-order chi connectivity index (χ0) is 15.9. The SMILES string of the molecule is COc1ccccc1OCCN(C)C(=O)[C@@H]1C[C@H](OC)CN1.Cl. The molecule has 1 aromatic carbocycles. The molecule has 0 unspecified atom stereocenters. The maximum Gasteiger partial charge on any atom is 0.239 e. The van der Waals surface area contributed by atoms with Gasteiger partial charge in [-0.05, 0) is 18.6 Å². The number of nitrogens with zero attached hydrogens (tertiary/aromatic N) is 1. The molecule has 1 heterocycles. The lowest BCUT2D eigenvalue weighted by Crippen LogP contribution is -2.43. The van der Waals surface area contributed by atoms with Crippen molar-refractivity contribution in [1.82, 2.24) is 10.2 Å². The quantitative estimate of drug-likeness (QED) is 0.808. The molecule has 0 bridgehead atoms. The minimum absolute atomic E-state index is 0. The van der Waals surface area contributed by atoms with Gasteiger partial charge in [0.1, 0.15) is 6.61 Å². The smallest absolute Gasteiger partial charge is 0.239 e. The number of amides is 1. The Kier molecular flexibility index (Phi) is 8.16. The molecule has 6 nitrogen and oxygen atoms in total. The summed E-state index contributed by atoms with van der Waals surface area (Å²) in [4.78, 5) is 14.0. The fraction of sp³-hybridized carbons (Fsp3) is 0.562. The molecule has 1 aliphatic heterocycles. The summed E-state index contributed by atoms with van der Waals surface area (Å²) in [6, 6.07) is 7.31. The second-order valence-electron chi connectivity index (χ2n) is 5.31. The Balaban J connectivity index is 0.00000264. The van der Waals surface area contributed by atoms with E-state index >= 15 is 0 Å². The van der Waals surface area contributed by atoms with Gasteiger partial charge in [-0.1, -0.05) is 12.1 Å². The lowest BCUT2D eigenvalue weighted by atomic mass is 10.2. The molecule has 1 aromatic rings. The maximum absolute atomic E-state index is 12.3. The molecule has 1 aliphatic rings. The normalized spacial score (nSPS) is 19.8. The Bertz CT molecular complexity index is 501. The largest absolute Gasteiger partial charge is 0.493 e. The van der Waals surface area contributed by atoms with Crippen LogP contribution in [0.4, 0.5) is 0 Å². The van der Waals surface area contributed by atoms with Crippen LogP contribution in [0.2, 0.25) is 0 Å².